The van der Waals surface area contributed by atoms with Crippen molar-refractivity contribution in [2.45, 2.75) is 18.9 Å². The van der Waals surface area contributed by atoms with Crippen molar-refractivity contribution in [2.75, 3.05) is 25.5 Å². The summed E-state index contributed by atoms with van der Waals surface area (Å²) in [6, 6.07) is 0.341. The predicted molar refractivity (Wildman–Crippen MR) is 84.4 cm³/mol. The maximum absolute atomic E-state index is 5.52. The lowest BCUT2D eigenvalue weighted by molar-refractivity contribution is 0.416. The Hall–Kier alpha value is -2.68. The summed E-state index contributed by atoms with van der Waals surface area (Å²) in [6.07, 6.45) is 7.37. The van der Waals surface area contributed by atoms with E-state index in [9.17, 15) is 0 Å². The maximum atomic E-state index is 5.52. The van der Waals surface area contributed by atoms with Gasteiger partial charge in [-0.15, -0.1) is 5.10 Å². The zero-order valence-corrected chi connectivity index (χ0v) is 12.8. The monoisotopic (exact) mass is 314 g/mol. The Labute approximate surface area is 132 Å². The number of aromatic nitrogens is 6. The first-order valence-corrected chi connectivity index (χ1v) is 7.61. The Morgan fingerprint density at radius 2 is 2.39 bits per heavy atom. The number of piperidine rings is 1. The number of hydrogen-bond donors (Lipinski definition) is 3. The average Bonchev–Trinajstić information content (AvgIpc) is 3.23. The van der Waals surface area contributed by atoms with Crippen LogP contribution in [0.2, 0.25) is 0 Å². The molecule has 1 fully saturated rings. The molecule has 3 aromatic rings. The quantitative estimate of drug-likeness (QED) is 0.650. The summed E-state index contributed by atoms with van der Waals surface area (Å²) in [7, 11) is 1.60. The van der Waals surface area contributed by atoms with Gasteiger partial charge < -0.3 is 15.4 Å². The van der Waals surface area contributed by atoms with E-state index in [1.807, 2.05) is 0 Å². The van der Waals surface area contributed by atoms with E-state index in [-0.39, 0.29) is 0 Å². The highest BCUT2D eigenvalue weighted by Crippen LogP contribution is 2.30. The van der Waals surface area contributed by atoms with Crippen molar-refractivity contribution >= 4 is 11.6 Å². The van der Waals surface area contributed by atoms with Gasteiger partial charge in [0.2, 0.25) is 11.6 Å². The lowest BCUT2D eigenvalue weighted by Gasteiger charge is -2.22. The molecule has 4 heterocycles. The molecule has 1 aliphatic heterocycles. The summed E-state index contributed by atoms with van der Waals surface area (Å²) in [5.41, 5.74) is 2.16. The van der Waals surface area contributed by atoms with Gasteiger partial charge in [-0.05, 0) is 19.4 Å². The van der Waals surface area contributed by atoms with Crippen molar-refractivity contribution in [3.63, 3.8) is 0 Å². The highest BCUT2D eigenvalue weighted by atomic mass is 16.5. The van der Waals surface area contributed by atoms with Crippen LogP contribution in [0.25, 0.3) is 16.9 Å². The van der Waals surface area contributed by atoms with E-state index in [2.05, 4.69) is 35.9 Å². The molecular formula is C14H18N8O. The van der Waals surface area contributed by atoms with Crippen LogP contribution in [0, 0.1) is 0 Å². The standard InChI is InChI=1S/C14H18N8O/c1-23-12-11(9-5-17-18-6-9)16-8-22-13(12)20-14(21-22)19-10-3-2-4-15-7-10/h5-6,8,10,15H,2-4,7H2,1H3,(H,17,18)(H,19,21). The van der Waals surface area contributed by atoms with E-state index in [4.69, 9.17) is 4.74 Å². The lowest BCUT2D eigenvalue weighted by Crippen LogP contribution is -2.38. The number of H-pyrrole nitrogens is 1. The fourth-order valence-corrected chi connectivity index (χ4v) is 2.83. The molecule has 0 spiro atoms. The fraction of sp³-hybridized carbons (Fsp3) is 0.429. The molecule has 0 aliphatic carbocycles. The summed E-state index contributed by atoms with van der Waals surface area (Å²) < 4.78 is 7.14. The van der Waals surface area contributed by atoms with Crippen molar-refractivity contribution in [3.05, 3.63) is 18.7 Å². The molecule has 9 nitrogen and oxygen atoms in total. The third kappa shape index (κ3) is 2.59. The molecule has 120 valence electrons. The van der Waals surface area contributed by atoms with E-state index in [1.54, 1.807) is 30.3 Å². The van der Waals surface area contributed by atoms with Gasteiger partial charge in [-0.25, -0.2) is 4.98 Å². The highest BCUT2D eigenvalue weighted by molar-refractivity contribution is 5.73. The zero-order valence-electron chi connectivity index (χ0n) is 12.8. The summed E-state index contributed by atoms with van der Waals surface area (Å²) in [6.45, 7) is 1.99. The molecule has 3 aromatic heterocycles. The van der Waals surface area contributed by atoms with Crippen LogP contribution in [0.3, 0.4) is 0 Å². The molecule has 23 heavy (non-hydrogen) atoms. The molecule has 0 saturated carbocycles. The predicted octanol–water partition coefficient (Wildman–Crippen LogP) is 0.687. The number of hydrogen-bond acceptors (Lipinski definition) is 7. The highest BCUT2D eigenvalue weighted by Gasteiger charge is 2.19. The van der Waals surface area contributed by atoms with Crippen LogP contribution >= 0.6 is 0 Å². The van der Waals surface area contributed by atoms with E-state index < -0.39 is 0 Å². The minimum atomic E-state index is 0.341. The van der Waals surface area contributed by atoms with Crippen LogP contribution in [-0.2, 0) is 0 Å². The van der Waals surface area contributed by atoms with Gasteiger partial charge in [0.1, 0.15) is 12.0 Å². The SMILES string of the molecule is COc1c(-c2cn[nH]c2)ncn2nc(NC3CCCNC3)nc12. The number of nitrogens with one attached hydrogen (secondary N) is 3. The van der Waals surface area contributed by atoms with Crippen molar-refractivity contribution in [2.24, 2.45) is 0 Å². The first kappa shape index (κ1) is 13.9. The topological polar surface area (TPSA) is 105 Å². The number of fused-ring (bicyclic) bond motifs is 1. The first-order chi connectivity index (χ1) is 11.3. The largest absolute Gasteiger partial charge is 0.491 e. The van der Waals surface area contributed by atoms with Crippen LogP contribution in [0.1, 0.15) is 12.8 Å². The molecule has 0 bridgehead atoms. The van der Waals surface area contributed by atoms with Gasteiger partial charge in [-0.2, -0.15) is 14.6 Å². The van der Waals surface area contributed by atoms with Crippen LogP contribution in [0.4, 0.5) is 5.95 Å². The zero-order chi connectivity index (χ0) is 15.6. The van der Waals surface area contributed by atoms with Crippen molar-refractivity contribution in [1.82, 2.24) is 35.1 Å². The number of anilines is 1. The third-order valence-electron chi connectivity index (χ3n) is 3.95. The van der Waals surface area contributed by atoms with Crippen LogP contribution in [0.15, 0.2) is 18.7 Å². The second-order valence-corrected chi connectivity index (χ2v) is 5.50. The molecule has 9 heteroatoms. The molecule has 4 rings (SSSR count). The van der Waals surface area contributed by atoms with Gasteiger partial charge in [-0.1, -0.05) is 0 Å². The number of aromatic amines is 1. The molecular weight excluding hydrogens is 296 g/mol. The summed E-state index contributed by atoms with van der Waals surface area (Å²) in [5.74, 6) is 1.17. The van der Waals surface area contributed by atoms with E-state index in [0.29, 0.717) is 29.1 Å². The van der Waals surface area contributed by atoms with Crippen LogP contribution < -0.4 is 15.4 Å². The van der Waals surface area contributed by atoms with Crippen LogP contribution in [-0.4, -0.2) is 56.0 Å². The minimum Gasteiger partial charge on any atom is -0.491 e. The van der Waals surface area contributed by atoms with Gasteiger partial charge in [-0.3, -0.25) is 5.10 Å². The van der Waals surface area contributed by atoms with E-state index >= 15 is 0 Å². The van der Waals surface area contributed by atoms with Gasteiger partial charge >= 0.3 is 0 Å². The van der Waals surface area contributed by atoms with Gasteiger partial charge in [0, 0.05) is 24.3 Å². The van der Waals surface area contributed by atoms with Crippen LogP contribution in [0.5, 0.6) is 5.75 Å². The summed E-state index contributed by atoms with van der Waals surface area (Å²) in [5, 5.41) is 17.9. The molecule has 1 saturated heterocycles. The molecule has 1 atom stereocenters. The second-order valence-electron chi connectivity index (χ2n) is 5.50. The Bertz CT molecular complexity index is 791. The molecule has 0 radical (unpaired) electrons. The fourth-order valence-electron chi connectivity index (χ4n) is 2.83. The van der Waals surface area contributed by atoms with E-state index in [1.165, 1.54) is 0 Å². The maximum Gasteiger partial charge on any atom is 0.243 e. The minimum absolute atomic E-state index is 0.341. The van der Waals surface area contributed by atoms with Gasteiger partial charge in [0.15, 0.2) is 5.75 Å². The normalized spacial score (nSPS) is 18.2. The number of rotatable bonds is 4. The number of methoxy groups -OCH3 is 1. The first-order valence-electron chi connectivity index (χ1n) is 7.61. The Morgan fingerprint density at radius 3 is 3.13 bits per heavy atom. The van der Waals surface area contributed by atoms with Crippen molar-refractivity contribution in [1.29, 1.82) is 0 Å². The average molecular weight is 314 g/mol. The third-order valence-corrected chi connectivity index (χ3v) is 3.95. The van der Waals surface area contributed by atoms with Gasteiger partial charge in [0.25, 0.3) is 0 Å². The molecule has 1 unspecified atom stereocenters. The molecule has 1 aliphatic rings. The Kier molecular flexibility index (Phi) is 3.54. The molecule has 3 N–H and O–H groups in total. The Balaban J connectivity index is 1.70. The molecule has 0 aromatic carbocycles. The Morgan fingerprint density at radius 1 is 1.43 bits per heavy atom. The smallest absolute Gasteiger partial charge is 0.243 e. The van der Waals surface area contributed by atoms with Crippen molar-refractivity contribution in [3.8, 4) is 17.0 Å². The number of nitrogens with zero attached hydrogens (tertiary/aromatic N) is 5. The van der Waals surface area contributed by atoms with Crippen molar-refractivity contribution < 1.29 is 4.74 Å². The van der Waals surface area contributed by atoms with E-state index in [0.717, 1.165) is 31.5 Å². The summed E-state index contributed by atoms with van der Waals surface area (Å²) >= 11 is 0. The molecule has 0 amide bonds. The second kappa shape index (κ2) is 5.84. The van der Waals surface area contributed by atoms with Gasteiger partial charge in [0.05, 0.1) is 13.3 Å². The summed E-state index contributed by atoms with van der Waals surface area (Å²) in [4.78, 5) is 8.98. The number of ether oxygens (including phenoxy) is 1. The lowest BCUT2D eigenvalue weighted by atomic mass is 10.1.